The molecule has 1 aliphatic carbocycles. The first-order valence-electron chi connectivity index (χ1n) is 3.89. The summed E-state index contributed by atoms with van der Waals surface area (Å²) in [5.41, 5.74) is 0. The van der Waals surface area contributed by atoms with E-state index in [9.17, 15) is 4.79 Å². The van der Waals surface area contributed by atoms with E-state index in [4.69, 9.17) is 0 Å². The van der Waals surface area contributed by atoms with E-state index in [0.717, 1.165) is 18.8 Å². The lowest BCUT2D eigenvalue weighted by Crippen LogP contribution is -2.16. The second-order valence-electron chi connectivity index (χ2n) is 3.26. The summed E-state index contributed by atoms with van der Waals surface area (Å²) in [7, 11) is 0. The second-order valence-corrected chi connectivity index (χ2v) is 4.32. The molecule has 1 rings (SSSR count). The zero-order valence-electron chi connectivity index (χ0n) is 6.27. The molecule has 0 aromatic heterocycles. The van der Waals surface area contributed by atoms with Crippen LogP contribution in [0, 0.1) is 11.8 Å². The molecule has 0 N–H and O–H groups in total. The zero-order valence-corrected chi connectivity index (χ0v) is 8.43. The monoisotopic (exact) mass is 252 g/mol. The summed E-state index contributed by atoms with van der Waals surface area (Å²) < 4.78 is 0.365. The molecule has 1 nitrogen and oxygen atoms in total. The van der Waals surface area contributed by atoms with Crippen molar-refractivity contribution in [2.75, 3.05) is 0 Å². The minimum Gasteiger partial charge on any atom is -0.287 e. The third kappa shape index (κ3) is 2.22. The first-order valence-corrected chi connectivity index (χ1v) is 4.97. The Morgan fingerprint density at radius 2 is 1.80 bits per heavy atom. The molecule has 0 amide bonds. The minimum atomic E-state index is 0.365. The van der Waals surface area contributed by atoms with Gasteiger partial charge in [-0.25, -0.2) is 0 Å². The standard InChI is InChI=1S/C8H13IO/c1-6-2-4-7(5-3-6)8(9)10/h6-7H,2-5H2,1H3. The summed E-state index contributed by atoms with van der Waals surface area (Å²) in [6.45, 7) is 2.27. The smallest absolute Gasteiger partial charge is 0.195 e. The van der Waals surface area contributed by atoms with Gasteiger partial charge in [-0.1, -0.05) is 6.92 Å². The lowest BCUT2D eigenvalue weighted by Gasteiger charge is -2.23. The molecule has 2 heteroatoms. The average Bonchev–Trinajstić information content (AvgIpc) is 1.88. The molecule has 0 radical (unpaired) electrons. The number of carbonyl (C=O) groups is 1. The quantitative estimate of drug-likeness (QED) is 0.518. The molecule has 1 saturated carbocycles. The van der Waals surface area contributed by atoms with Crippen LogP contribution < -0.4 is 0 Å². The summed E-state index contributed by atoms with van der Waals surface area (Å²) >= 11 is 1.93. The predicted molar refractivity (Wildman–Crippen MR) is 50.1 cm³/mol. The van der Waals surface area contributed by atoms with E-state index >= 15 is 0 Å². The SMILES string of the molecule is CC1CCC(C(=O)I)CC1. The number of hydrogen-bond acceptors (Lipinski definition) is 1. The first kappa shape index (κ1) is 8.50. The maximum atomic E-state index is 10.9. The van der Waals surface area contributed by atoms with E-state index in [1.807, 2.05) is 22.6 Å². The lowest BCUT2D eigenvalue weighted by molar-refractivity contribution is -0.113. The summed E-state index contributed by atoms with van der Waals surface area (Å²) in [6.07, 6.45) is 4.75. The van der Waals surface area contributed by atoms with Gasteiger partial charge in [-0.05, 0) is 54.2 Å². The molecule has 0 atom stereocenters. The van der Waals surface area contributed by atoms with Crippen LogP contribution in [-0.2, 0) is 4.79 Å². The molecule has 58 valence electrons. The van der Waals surface area contributed by atoms with Crippen LogP contribution in [-0.4, -0.2) is 3.79 Å². The van der Waals surface area contributed by atoms with Gasteiger partial charge in [-0.3, -0.25) is 4.79 Å². The second kappa shape index (κ2) is 3.69. The van der Waals surface area contributed by atoms with Crippen molar-refractivity contribution in [2.24, 2.45) is 11.8 Å². The molecule has 0 bridgehead atoms. The van der Waals surface area contributed by atoms with Gasteiger partial charge < -0.3 is 0 Å². The van der Waals surface area contributed by atoms with Gasteiger partial charge in [-0.15, -0.1) is 0 Å². The van der Waals surface area contributed by atoms with Gasteiger partial charge in [0.1, 0.15) is 0 Å². The van der Waals surface area contributed by atoms with E-state index in [1.165, 1.54) is 12.8 Å². The van der Waals surface area contributed by atoms with Gasteiger partial charge in [0, 0.05) is 5.92 Å². The first-order chi connectivity index (χ1) is 4.70. The topological polar surface area (TPSA) is 17.1 Å². The van der Waals surface area contributed by atoms with Crippen LogP contribution in [0.2, 0.25) is 0 Å². The van der Waals surface area contributed by atoms with Gasteiger partial charge >= 0.3 is 0 Å². The Balaban J connectivity index is 2.33. The summed E-state index contributed by atoms with van der Waals surface area (Å²) in [6, 6.07) is 0. The fourth-order valence-corrected chi connectivity index (χ4v) is 2.11. The Morgan fingerprint density at radius 1 is 1.30 bits per heavy atom. The van der Waals surface area contributed by atoms with Crippen molar-refractivity contribution in [1.82, 2.24) is 0 Å². The van der Waals surface area contributed by atoms with E-state index in [0.29, 0.717) is 9.71 Å². The van der Waals surface area contributed by atoms with Crippen LogP contribution >= 0.6 is 22.6 Å². The molecule has 0 aromatic carbocycles. The summed E-state index contributed by atoms with van der Waals surface area (Å²) in [4.78, 5) is 10.9. The molecular weight excluding hydrogens is 239 g/mol. The van der Waals surface area contributed by atoms with Crippen molar-refractivity contribution >= 4 is 26.4 Å². The van der Waals surface area contributed by atoms with Crippen molar-refractivity contribution in [3.05, 3.63) is 0 Å². The minimum absolute atomic E-state index is 0.365. The van der Waals surface area contributed by atoms with E-state index < -0.39 is 0 Å². The molecule has 1 aliphatic rings. The highest BCUT2D eigenvalue weighted by Crippen LogP contribution is 2.29. The largest absolute Gasteiger partial charge is 0.287 e. The van der Waals surface area contributed by atoms with Crippen molar-refractivity contribution < 1.29 is 4.79 Å². The van der Waals surface area contributed by atoms with Gasteiger partial charge in [-0.2, -0.15) is 0 Å². The van der Waals surface area contributed by atoms with Crippen LogP contribution in [0.5, 0.6) is 0 Å². The van der Waals surface area contributed by atoms with Gasteiger partial charge in [0.15, 0.2) is 3.79 Å². The van der Waals surface area contributed by atoms with Gasteiger partial charge in [0.25, 0.3) is 0 Å². The summed E-state index contributed by atoms with van der Waals surface area (Å²) in [5.74, 6) is 1.24. The molecule has 1 fully saturated rings. The Labute approximate surface area is 75.7 Å². The van der Waals surface area contributed by atoms with Crippen LogP contribution in [0.15, 0.2) is 0 Å². The van der Waals surface area contributed by atoms with Gasteiger partial charge in [0.2, 0.25) is 0 Å². The molecule has 0 aliphatic heterocycles. The number of carbonyl (C=O) groups excluding carboxylic acids is 1. The predicted octanol–water partition coefficient (Wildman–Crippen LogP) is 2.77. The van der Waals surface area contributed by atoms with Crippen molar-refractivity contribution in [3.63, 3.8) is 0 Å². The van der Waals surface area contributed by atoms with Crippen LogP contribution in [0.25, 0.3) is 0 Å². The molecule has 0 saturated heterocycles. The maximum absolute atomic E-state index is 10.9. The molecule has 0 aromatic rings. The van der Waals surface area contributed by atoms with Crippen LogP contribution in [0.4, 0.5) is 0 Å². The molecule has 10 heavy (non-hydrogen) atoms. The Kier molecular flexibility index (Phi) is 3.14. The fraction of sp³-hybridized carbons (Fsp3) is 0.875. The normalized spacial score (nSPS) is 33.8. The third-order valence-corrected chi connectivity index (χ3v) is 3.22. The summed E-state index contributed by atoms with van der Waals surface area (Å²) in [5, 5.41) is 0. The zero-order chi connectivity index (χ0) is 7.56. The third-order valence-electron chi connectivity index (χ3n) is 2.34. The van der Waals surface area contributed by atoms with Crippen molar-refractivity contribution in [2.45, 2.75) is 32.6 Å². The van der Waals surface area contributed by atoms with Crippen LogP contribution in [0.3, 0.4) is 0 Å². The number of hydrogen-bond donors (Lipinski definition) is 0. The maximum Gasteiger partial charge on any atom is 0.195 e. The lowest BCUT2D eigenvalue weighted by atomic mass is 9.84. The van der Waals surface area contributed by atoms with Crippen molar-refractivity contribution in [1.29, 1.82) is 0 Å². The molecule has 0 spiro atoms. The molecule has 0 unspecified atom stereocenters. The van der Waals surface area contributed by atoms with Gasteiger partial charge in [0.05, 0.1) is 0 Å². The Hall–Kier alpha value is 0.400. The fourth-order valence-electron chi connectivity index (χ4n) is 1.49. The van der Waals surface area contributed by atoms with Crippen LogP contribution in [0.1, 0.15) is 32.6 Å². The number of halogens is 1. The Morgan fingerprint density at radius 3 is 2.20 bits per heavy atom. The molecular formula is C8H13IO. The van der Waals surface area contributed by atoms with Crippen molar-refractivity contribution in [3.8, 4) is 0 Å². The van der Waals surface area contributed by atoms with E-state index in [2.05, 4.69) is 6.92 Å². The average molecular weight is 252 g/mol. The van der Waals surface area contributed by atoms with E-state index in [1.54, 1.807) is 0 Å². The molecule has 0 heterocycles. The van der Waals surface area contributed by atoms with E-state index in [-0.39, 0.29) is 0 Å². The Bertz CT molecular complexity index is 125. The highest BCUT2D eigenvalue weighted by Gasteiger charge is 2.21. The highest BCUT2D eigenvalue weighted by molar-refractivity contribution is 14.1. The highest BCUT2D eigenvalue weighted by atomic mass is 127. The number of rotatable bonds is 1.